The summed E-state index contributed by atoms with van der Waals surface area (Å²) in [4.78, 5) is 15.5. The summed E-state index contributed by atoms with van der Waals surface area (Å²) in [5, 5.41) is 2.47. The highest BCUT2D eigenvalue weighted by Gasteiger charge is 2.59. The van der Waals surface area contributed by atoms with Crippen LogP contribution < -0.4 is 10.1 Å². The van der Waals surface area contributed by atoms with Gasteiger partial charge in [0.2, 0.25) is 11.8 Å². The molecular formula is C15H15F5N2O3. The van der Waals surface area contributed by atoms with Gasteiger partial charge in [-0.05, 0) is 18.1 Å². The largest absolute Gasteiger partial charge is 0.417 e. The van der Waals surface area contributed by atoms with E-state index >= 15 is 0 Å². The molecule has 1 N–H and O–H groups in total. The maximum absolute atomic E-state index is 12.5. The van der Waals surface area contributed by atoms with Gasteiger partial charge in [-0.3, -0.25) is 4.79 Å². The highest BCUT2D eigenvalue weighted by Crippen LogP contribution is 2.50. The molecule has 1 aromatic rings. The van der Waals surface area contributed by atoms with Crippen LogP contribution in [0.1, 0.15) is 18.4 Å². The van der Waals surface area contributed by atoms with Gasteiger partial charge in [-0.25, -0.2) is 4.98 Å². The van der Waals surface area contributed by atoms with Crippen LogP contribution in [0.3, 0.4) is 0 Å². The summed E-state index contributed by atoms with van der Waals surface area (Å²) in [6.07, 6.45) is -2.85. The number of nitrogens with zero attached hydrogens (tertiary/aromatic N) is 1. The maximum Gasteiger partial charge on any atom is 0.392 e. The van der Waals surface area contributed by atoms with E-state index in [-0.39, 0.29) is 18.8 Å². The van der Waals surface area contributed by atoms with Crippen LogP contribution in [-0.4, -0.2) is 36.8 Å². The van der Waals surface area contributed by atoms with Gasteiger partial charge in [0.15, 0.2) is 0 Å². The fourth-order valence-electron chi connectivity index (χ4n) is 2.87. The minimum atomic E-state index is -4.38. The van der Waals surface area contributed by atoms with Crippen LogP contribution in [0.25, 0.3) is 0 Å². The van der Waals surface area contributed by atoms with Crippen LogP contribution in [0.5, 0.6) is 5.88 Å². The van der Waals surface area contributed by atoms with Crippen molar-refractivity contribution in [2.24, 2.45) is 11.8 Å². The molecule has 2 aliphatic rings. The quantitative estimate of drug-likeness (QED) is 0.787. The standard InChI is InChI=1S/C15H15F5N2O3/c16-13(17)25-11-5-8(1-3-21-11)14(2-4-24-14)7-22-12(23)9-6-10(9)15(18,19)20/h1,3,5,9-10,13H,2,4,6-7H2,(H,22,23)/t9-,10-,14?/m0/s1. The van der Waals surface area contributed by atoms with Gasteiger partial charge in [0, 0.05) is 18.7 Å². The van der Waals surface area contributed by atoms with Gasteiger partial charge in [-0.1, -0.05) is 0 Å². The predicted octanol–water partition coefficient (Wildman–Crippen LogP) is 2.61. The number of rotatable bonds is 6. The Bertz CT molecular complexity index is 648. The summed E-state index contributed by atoms with van der Waals surface area (Å²) in [7, 11) is 0. The molecule has 10 heteroatoms. The third-order valence-corrected chi connectivity index (χ3v) is 4.45. The van der Waals surface area contributed by atoms with Gasteiger partial charge in [-0.2, -0.15) is 22.0 Å². The molecule has 1 saturated heterocycles. The molecule has 0 bridgehead atoms. The molecular weight excluding hydrogens is 351 g/mol. The Balaban J connectivity index is 1.63. The van der Waals surface area contributed by atoms with Gasteiger partial charge in [0.25, 0.3) is 0 Å². The summed E-state index contributed by atoms with van der Waals surface area (Å²) >= 11 is 0. The molecule has 5 nitrogen and oxygen atoms in total. The van der Waals surface area contributed by atoms with Crippen molar-refractivity contribution in [2.75, 3.05) is 13.2 Å². The normalized spacial score (nSPS) is 28.4. The van der Waals surface area contributed by atoms with Crippen molar-refractivity contribution in [3.63, 3.8) is 0 Å². The van der Waals surface area contributed by atoms with Crippen molar-refractivity contribution >= 4 is 5.91 Å². The van der Waals surface area contributed by atoms with Gasteiger partial charge in [0.1, 0.15) is 5.60 Å². The zero-order valence-electron chi connectivity index (χ0n) is 12.9. The molecule has 0 aromatic carbocycles. The second kappa shape index (κ2) is 6.40. The number of hydrogen-bond donors (Lipinski definition) is 1. The molecule has 1 saturated carbocycles. The van der Waals surface area contributed by atoms with Crippen LogP contribution in [0, 0.1) is 11.8 Å². The number of hydrogen-bond acceptors (Lipinski definition) is 4. The molecule has 1 aliphatic carbocycles. The summed E-state index contributed by atoms with van der Waals surface area (Å²) in [6.45, 7) is -2.70. The Morgan fingerprint density at radius 2 is 2.20 bits per heavy atom. The van der Waals surface area contributed by atoms with E-state index < -0.39 is 36.1 Å². The molecule has 1 aliphatic heterocycles. The summed E-state index contributed by atoms with van der Waals surface area (Å²) in [5.74, 6) is -3.66. The van der Waals surface area contributed by atoms with Crippen LogP contribution in [0.2, 0.25) is 0 Å². The fraction of sp³-hybridized carbons (Fsp3) is 0.600. The number of alkyl halides is 5. The van der Waals surface area contributed by atoms with E-state index in [1.807, 2.05) is 0 Å². The SMILES string of the molecule is O=C(NCC1(c2ccnc(OC(F)F)c2)CCO1)[C@H]1C[C@@H]1C(F)(F)F. The molecule has 1 unspecified atom stereocenters. The molecule has 3 atom stereocenters. The predicted molar refractivity (Wildman–Crippen MR) is 73.8 cm³/mol. The molecule has 3 rings (SSSR count). The van der Waals surface area contributed by atoms with Crippen molar-refractivity contribution in [1.82, 2.24) is 10.3 Å². The van der Waals surface area contributed by atoms with E-state index in [2.05, 4.69) is 15.0 Å². The maximum atomic E-state index is 12.5. The third-order valence-electron chi connectivity index (χ3n) is 4.45. The summed E-state index contributed by atoms with van der Waals surface area (Å²) < 4.78 is 71.9. The van der Waals surface area contributed by atoms with E-state index in [0.717, 1.165) is 0 Å². The average molecular weight is 366 g/mol. The van der Waals surface area contributed by atoms with E-state index in [0.29, 0.717) is 18.6 Å². The molecule has 2 heterocycles. The monoisotopic (exact) mass is 366 g/mol. The second-order valence-corrected chi connectivity index (χ2v) is 6.06. The number of amides is 1. The first-order valence-corrected chi connectivity index (χ1v) is 7.61. The van der Waals surface area contributed by atoms with Gasteiger partial charge in [-0.15, -0.1) is 0 Å². The Kier molecular flexibility index (Phi) is 4.56. The summed E-state index contributed by atoms with van der Waals surface area (Å²) in [5.41, 5.74) is -0.505. The third kappa shape index (κ3) is 3.83. The van der Waals surface area contributed by atoms with Crippen molar-refractivity contribution in [1.29, 1.82) is 0 Å². The highest BCUT2D eigenvalue weighted by molar-refractivity contribution is 5.81. The minimum absolute atomic E-state index is 0.0506. The zero-order valence-corrected chi connectivity index (χ0v) is 12.9. The number of ether oxygens (including phenoxy) is 2. The van der Waals surface area contributed by atoms with Crippen molar-refractivity contribution in [3.8, 4) is 5.88 Å². The zero-order chi connectivity index (χ0) is 18.2. The van der Waals surface area contributed by atoms with E-state index in [1.165, 1.54) is 18.3 Å². The van der Waals surface area contributed by atoms with Crippen molar-refractivity contribution < 1.29 is 36.2 Å². The van der Waals surface area contributed by atoms with Crippen LogP contribution in [0.15, 0.2) is 18.3 Å². The Labute approximate surface area is 139 Å². The van der Waals surface area contributed by atoms with Crippen LogP contribution >= 0.6 is 0 Å². The molecule has 0 spiro atoms. The number of pyridine rings is 1. The second-order valence-electron chi connectivity index (χ2n) is 6.06. The van der Waals surface area contributed by atoms with Gasteiger partial charge in [0.05, 0.1) is 25.0 Å². The number of carbonyl (C=O) groups excluding carboxylic acids is 1. The molecule has 25 heavy (non-hydrogen) atoms. The lowest BCUT2D eigenvalue weighted by atomic mass is 9.87. The lowest BCUT2D eigenvalue weighted by molar-refractivity contribution is -0.160. The topological polar surface area (TPSA) is 60.5 Å². The smallest absolute Gasteiger partial charge is 0.392 e. The number of nitrogens with one attached hydrogen (secondary N) is 1. The Hall–Kier alpha value is -1.97. The lowest BCUT2D eigenvalue weighted by Crippen LogP contribution is -2.50. The van der Waals surface area contributed by atoms with E-state index in [4.69, 9.17) is 4.74 Å². The summed E-state index contributed by atoms with van der Waals surface area (Å²) in [6, 6.07) is 2.80. The molecule has 0 radical (unpaired) electrons. The fourth-order valence-corrected chi connectivity index (χ4v) is 2.87. The van der Waals surface area contributed by atoms with E-state index in [1.54, 1.807) is 0 Å². The van der Waals surface area contributed by atoms with E-state index in [9.17, 15) is 26.7 Å². The number of aromatic nitrogens is 1. The van der Waals surface area contributed by atoms with Crippen molar-refractivity contribution in [3.05, 3.63) is 23.9 Å². The first-order chi connectivity index (χ1) is 11.7. The molecule has 1 aromatic heterocycles. The molecule has 138 valence electrons. The average Bonchev–Trinajstić information content (AvgIpc) is 3.26. The van der Waals surface area contributed by atoms with Gasteiger partial charge < -0.3 is 14.8 Å². The first-order valence-electron chi connectivity index (χ1n) is 7.61. The van der Waals surface area contributed by atoms with Crippen LogP contribution in [-0.2, 0) is 15.1 Å². The number of halogens is 5. The molecule has 2 fully saturated rings. The van der Waals surface area contributed by atoms with Crippen LogP contribution in [0.4, 0.5) is 22.0 Å². The van der Waals surface area contributed by atoms with Gasteiger partial charge >= 0.3 is 12.8 Å². The Morgan fingerprint density at radius 3 is 2.72 bits per heavy atom. The number of carbonyl (C=O) groups is 1. The lowest BCUT2D eigenvalue weighted by Gasteiger charge is -2.42. The minimum Gasteiger partial charge on any atom is -0.417 e. The first kappa shape index (κ1) is 17.8. The highest BCUT2D eigenvalue weighted by atomic mass is 19.4. The molecule has 1 amide bonds. The van der Waals surface area contributed by atoms with Crippen molar-refractivity contribution in [2.45, 2.75) is 31.2 Å². The Morgan fingerprint density at radius 1 is 1.48 bits per heavy atom.